The van der Waals surface area contributed by atoms with Crippen molar-refractivity contribution in [2.24, 2.45) is 0 Å². The maximum Gasteiger partial charge on any atom is 0.338 e. The van der Waals surface area contributed by atoms with Crippen LogP contribution in [0.15, 0.2) is 48.5 Å². The van der Waals surface area contributed by atoms with E-state index in [0.29, 0.717) is 18.5 Å². The van der Waals surface area contributed by atoms with Crippen molar-refractivity contribution in [1.82, 2.24) is 10.6 Å². The van der Waals surface area contributed by atoms with Crippen LogP contribution in [0.5, 0.6) is 0 Å². The standard InChI is InChI=1S/C21H21N3O5/c1-13(19(26)24-21(28)22-12-14-5-3-2-4-6-14)29-20(27)16-7-9-17-15(11-16)8-10-18(25)23-17/h2-7,9,11,13H,8,10,12H2,1H3,(H,23,25)(H2,22,24,26,28)/t13-/m0/s1. The highest BCUT2D eigenvalue weighted by molar-refractivity contribution is 5.99. The normalized spacial score (nSPS) is 13.5. The summed E-state index contributed by atoms with van der Waals surface area (Å²) in [6.45, 7) is 1.65. The molecule has 0 saturated heterocycles. The molecule has 1 aliphatic heterocycles. The predicted molar refractivity (Wildman–Crippen MR) is 105 cm³/mol. The van der Waals surface area contributed by atoms with E-state index >= 15 is 0 Å². The highest BCUT2D eigenvalue weighted by Crippen LogP contribution is 2.24. The summed E-state index contributed by atoms with van der Waals surface area (Å²) in [7, 11) is 0. The molecule has 4 amide bonds. The van der Waals surface area contributed by atoms with Crippen molar-refractivity contribution in [1.29, 1.82) is 0 Å². The number of hydrogen-bond acceptors (Lipinski definition) is 5. The number of fused-ring (bicyclic) bond motifs is 1. The smallest absolute Gasteiger partial charge is 0.338 e. The Morgan fingerprint density at radius 3 is 2.62 bits per heavy atom. The number of carbonyl (C=O) groups excluding carboxylic acids is 4. The summed E-state index contributed by atoms with van der Waals surface area (Å²) in [5, 5.41) is 7.44. The average molecular weight is 395 g/mol. The van der Waals surface area contributed by atoms with Gasteiger partial charge in [0.05, 0.1) is 5.56 Å². The molecule has 2 aromatic rings. The summed E-state index contributed by atoms with van der Waals surface area (Å²) in [6, 6.07) is 13.3. The largest absolute Gasteiger partial charge is 0.449 e. The highest BCUT2D eigenvalue weighted by atomic mass is 16.5. The van der Waals surface area contributed by atoms with Gasteiger partial charge >= 0.3 is 12.0 Å². The number of nitrogens with one attached hydrogen (secondary N) is 3. The summed E-state index contributed by atoms with van der Waals surface area (Å²) in [5.74, 6) is -1.48. The van der Waals surface area contributed by atoms with E-state index in [9.17, 15) is 19.2 Å². The summed E-state index contributed by atoms with van der Waals surface area (Å²) >= 11 is 0. The molecule has 0 bridgehead atoms. The Hall–Kier alpha value is -3.68. The molecule has 1 heterocycles. The first-order valence-electron chi connectivity index (χ1n) is 9.19. The lowest BCUT2D eigenvalue weighted by atomic mass is 10.0. The minimum absolute atomic E-state index is 0.0661. The van der Waals surface area contributed by atoms with E-state index in [1.807, 2.05) is 30.3 Å². The van der Waals surface area contributed by atoms with Gasteiger partial charge in [-0.2, -0.15) is 0 Å². The summed E-state index contributed by atoms with van der Waals surface area (Å²) in [4.78, 5) is 47.7. The number of carbonyl (C=O) groups is 4. The second kappa shape index (κ2) is 9.01. The van der Waals surface area contributed by atoms with Gasteiger partial charge in [-0.05, 0) is 42.7 Å². The Labute approximate surface area is 167 Å². The Bertz CT molecular complexity index is 943. The molecule has 0 aliphatic carbocycles. The van der Waals surface area contributed by atoms with E-state index in [1.54, 1.807) is 12.1 Å². The van der Waals surface area contributed by atoms with Crippen LogP contribution in [0.2, 0.25) is 0 Å². The van der Waals surface area contributed by atoms with Gasteiger partial charge in [-0.3, -0.25) is 14.9 Å². The first-order chi connectivity index (χ1) is 13.9. The van der Waals surface area contributed by atoms with Gasteiger partial charge in [-0.25, -0.2) is 9.59 Å². The first-order valence-corrected chi connectivity index (χ1v) is 9.19. The fourth-order valence-corrected chi connectivity index (χ4v) is 2.83. The summed E-state index contributed by atoms with van der Waals surface area (Å²) in [6.07, 6.45) is -0.275. The van der Waals surface area contributed by atoms with Gasteiger partial charge in [-0.15, -0.1) is 0 Å². The molecule has 29 heavy (non-hydrogen) atoms. The van der Waals surface area contributed by atoms with Crippen LogP contribution in [0.25, 0.3) is 0 Å². The van der Waals surface area contributed by atoms with E-state index in [1.165, 1.54) is 13.0 Å². The average Bonchev–Trinajstić information content (AvgIpc) is 2.72. The van der Waals surface area contributed by atoms with Crippen LogP contribution in [0.1, 0.15) is 34.8 Å². The van der Waals surface area contributed by atoms with Crippen LogP contribution in [-0.4, -0.2) is 29.9 Å². The van der Waals surface area contributed by atoms with E-state index in [4.69, 9.17) is 4.74 Å². The molecule has 8 heteroatoms. The maximum atomic E-state index is 12.3. The zero-order chi connectivity index (χ0) is 20.8. The lowest BCUT2D eigenvalue weighted by molar-refractivity contribution is -0.128. The van der Waals surface area contributed by atoms with Crippen molar-refractivity contribution in [3.63, 3.8) is 0 Å². The number of benzene rings is 2. The second-order valence-electron chi connectivity index (χ2n) is 6.63. The van der Waals surface area contributed by atoms with Crippen molar-refractivity contribution in [3.8, 4) is 0 Å². The molecular weight excluding hydrogens is 374 g/mol. The molecule has 0 radical (unpaired) electrons. The minimum Gasteiger partial charge on any atom is -0.449 e. The van der Waals surface area contributed by atoms with Gasteiger partial charge < -0.3 is 15.4 Å². The Morgan fingerprint density at radius 2 is 1.86 bits per heavy atom. The molecule has 8 nitrogen and oxygen atoms in total. The monoisotopic (exact) mass is 395 g/mol. The number of ether oxygens (including phenoxy) is 1. The van der Waals surface area contributed by atoms with Crippen molar-refractivity contribution in [3.05, 3.63) is 65.2 Å². The van der Waals surface area contributed by atoms with E-state index in [2.05, 4.69) is 16.0 Å². The minimum atomic E-state index is -1.15. The van der Waals surface area contributed by atoms with Gasteiger partial charge in [-0.1, -0.05) is 30.3 Å². The second-order valence-corrected chi connectivity index (χ2v) is 6.63. The number of anilines is 1. The van der Waals surface area contributed by atoms with Crippen LogP contribution in [0.4, 0.5) is 10.5 Å². The van der Waals surface area contributed by atoms with Gasteiger partial charge in [0.2, 0.25) is 5.91 Å². The van der Waals surface area contributed by atoms with Crippen LogP contribution in [-0.2, 0) is 27.3 Å². The molecule has 3 rings (SSSR count). The number of aryl methyl sites for hydroxylation is 1. The fraction of sp³-hybridized carbons (Fsp3) is 0.238. The van der Waals surface area contributed by atoms with Crippen LogP contribution >= 0.6 is 0 Å². The van der Waals surface area contributed by atoms with Gasteiger partial charge in [0, 0.05) is 18.7 Å². The molecule has 0 unspecified atom stereocenters. The third-order valence-corrected chi connectivity index (χ3v) is 4.42. The van der Waals surface area contributed by atoms with Crippen LogP contribution in [0.3, 0.4) is 0 Å². The number of rotatable bonds is 5. The van der Waals surface area contributed by atoms with Crippen molar-refractivity contribution in [2.75, 3.05) is 5.32 Å². The van der Waals surface area contributed by atoms with Crippen molar-refractivity contribution < 1.29 is 23.9 Å². The van der Waals surface area contributed by atoms with Crippen molar-refractivity contribution in [2.45, 2.75) is 32.4 Å². The third kappa shape index (κ3) is 5.41. The topological polar surface area (TPSA) is 114 Å². The lowest BCUT2D eigenvalue weighted by Crippen LogP contribution is -2.44. The molecule has 0 spiro atoms. The zero-order valence-corrected chi connectivity index (χ0v) is 15.9. The Kier molecular flexibility index (Phi) is 6.23. The molecule has 0 saturated carbocycles. The number of amides is 4. The van der Waals surface area contributed by atoms with E-state index in [0.717, 1.165) is 11.1 Å². The molecule has 1 atom stereocenters. The van der Waals surface area contributed by atoms with Crippen LogP contribution < -0.4 is 16.0 Å². The predicted octanol–water partition coefficient (Wildman–Crippen LogP) is 2.14. The maximum absolute atomic E-state index is 12.3. The summed E-state index contributed by atoms with van der Waals surface area (Å²) < 4.78 is 5.16. The lowest BCUT2D eigenvalue weighted by Gasteiger charge is -2.18. The molecule has 2 aromatic carbocycles. The van der Waals surface area contributed by atoms with E-state index < -0.39 is 24.0 Å². The SMILES string of the molecule is C[C@H](OC(=O)c1ccc2c(c1)CCC(=O)N2)C(=O)NC(=O)NCc1ccccc1. The molecule has 3 N–H and O–H groups in total. The number of imide groups is 1. The molecule has 1 aliphatic rings. The quantitative estimate of drug-likeness (QED) is 0.671. The van der Waals surface area contributed by atoms with Crippen LogP contribution in [0, 0.1) is 0 Å². The van der Waals surface area contributed by atoms with Crippen molar-refractivity contribution >= 4 is 29.5 Å². The first kappa shape index (κ1) is 20.1. The highest BCUT2D eigenvalue weighted by Gasteiger charge is 2.22. The third-order valence-electron chi connectivity index (χ3n) is 4.42. The molecule has 150 valence electrons. The molecular formula is C21H21N3O5. The van der Waals surface area contributed by atoms with Gasteiger partial charge in [0.1, 0.15) is 0 Å². The molecule has 0 aromatic heterocycles. The molecule has 0 fully saturated rings. The zero-order valence-electron chi connectivity index (χ0n) is 15.9. The number of esters is 1. The van der Waals surface area contributed by atoms with E-state index in [-0.39, 0.29) is 18.0 Å². The number of urea groups is 1. The Balaban J connectivity index is 1.50. The fourth-order valence-electron chi connectivity index (χ4n) is 2.83. The van der Waals surface area contributed by atoms with Gasteiger partial charge in [0.25, 0.3) is 5.91 Å². The van der Waals surface area contributed by atoms with Gasteiger partial charge in [0.15, 0.2) is 6.10 Å². The number of hydrogen-bond donors (Lipinski definition) is 3. The Morgan fingerprint density at radius 1 is 1.10 bits per heavy atom. The summed E-state index contributed by atoms with van der Waals surface area (Å²) in [5.41, 5.74) is 2.65.